The number of carbonyl (C=O) groups is 1. The Balaban J connectivity index is 1.83. The topological polar surface area (TPSA) is 46.9 Å². The summed E-state index contributed by atoms with van der Waals surface area (Å²) in [6.07, 6.45) is 1.62. The molecule has 1 heterocycles. The van der Waals surface area contributed by atoms with Gasteiger partial charge in [0.15, 0.2) is 0 Å². The molecule has 4 nitrogen and oxygen atoms in total. The first-order valence-corrected chi connectivity index (χ1v) is 7.29. The summed E-state index contributed by atoms with van der Waals surface area (Å²) >= 11 is 0. The maximum Gasteiger partial charge on any atom is 0.270 e. The first-order chi connectivity index (χ1) is 10.4. The molecule has 1 amide bonds. The average Bonchev–Trinajstić information content (AvgIpc) is 2.90. The van der Waals surface area contributed by atoms with Gasteiger partial charge in [-0.2, -0.15) is 0 Å². The summed E-state index contributed by atoms with van der Waals surface area (Å²) in [6.45, 7) is 6.46. The third-order valence-electron chi connectivity index (χ3n) is 3.69. The predicted molar refractivity (Wildman–Crippen MR) is 88.6 cm³/mol. The first-order valence-electron chi connectivity index (χ1n) is 7.29. The highest BCUT2D eigenvalue weighted by Gasteiger charge is 2.14. The summed E-state index contributed by atoms with van der Waals surface area (Å²) in [5.74, 6) is -0.149. The molecule has 2 aromatic carbocycles. The third-order valence-corrected chi connectivity index (χ3v) is 3.69. The molecule has 0 aliphatic rings. The van der Waals surface area contributed by atoms with E-state index < -0.39 is 0 Å². The number of hydrogen-bond acceptors (Lipinski definition) is 2. The van der Waals surface area contributed by atoms with E-state index in [1.807, 2.05) is 48.5 Å². The summed E-state index contributed by atoms with van der Waals surface area (Å²) in [5, 5.41) is 0. The molecular formula is C18H19N3O. The second-order valence-electron chi connectivity index (χ2n) is 6.37. The first kappa shape index (κ1) is 14.3. The van der Waals surface area contributed by atoms with Crippen LogP contribution in [0, 0.1) is 0 Å². The van der Waals surface area contributed by atoms with E-state index in [9.17, 15) is 4.79 Å². The molecule has 3 rings (SSSR count). The smallest absolute Gasteiger partial charge is 0.267 e. The number of hydrogen-bond donors (Lipinski definition) is 1. The van der Waals surface area contributed by atoms with Crippen LogP contribution in [-0.2, 0) is 5.41 Å². The van der Waals surface area contributed by atoms with Crippen LogP contribution >= 0.6 is 0 Å². The summed E-state index contributed by atoms with van der Waals surface area (Å²) in [5.41, 5.74) is 6.50. The van der Waals surface area contributed by atoms with Crippen LogP contribution in [0.15, 0.2) is 54.9 Å². The van der Waals surface area contributed by atoms with Crippen LogP contribution in [0.1, 0.15) is 36.7 Å². The lowest BCUT2D eigenvalue weighted by Gasteiger charge is -2.19. The van der Waals surface area contributed by atoms with Gasteiger partial charge in [-0.3, -0.25) is 10.2 Å². The Bertz CT molecular complexity index is 810. The lowest BCUT2D eigenvalue weighted by molar-refractivity contribution is 0.101. The van der Waals surface area contributed by atoms with Gasteiger partial charge < -0.3 is 0 Å². The van der Waals surface area contributed by atoms with Gasteiger partial charge in [-0.1, -0.05) is 45.0 Å². The van der Waals surface area contributed by atoms with Crippen molar-refractivity contribution in [3.05, 3.63) is 66.0 Å². The summed E-state index contributed by atoms with van der Waals surface area (Å²) in [7, 11) is 0. The fraction of sp³-hybridized carbons (Fsp3) is 0.222. The van der Waals surface area contributed by atoms with Crippen molar-refractivity contribution in [2.24, 2.45) is 0 Å². The Morgan fingerprint density at radius 3 is 2.41 bits per heavy atom. The second kappa shape index (κ2) is 5.30. The molecule has 0 aliphatic carbocycles. The van der Waals surface area contributed by atoms with Crippen LogP contribution in [0.5, 0.6) is 0 Å². The number of fused-ring (bicyclic) bond motifs is 1. The highest BCUT2D eigenvalue weighted by atomic mass is 16.2. The van der Waals surface area contributed by atoms with E-state index in [1.165, 1.54) is 5.56 Å². The quantitative estimate of drug-likeness (QED) is 0.783. The fourth-order valence-corrected chi connectivity index (χ4v) is 2.34. The van der Waals surface area contributed by atoms with Gasteiger partial charge in [0.1, 0.15) is 6.33 Å². The molecule has 0 aliphatic heterocycles. The van der Waals surface area contributed by atoms with Crippen LogP contribution < -0.4 is 5.43 Å². The zero-order chi connectivity index (χ0) is 15.7. The molecule has 112 valence electrons. The van der Waals surface area contributed by atoms with E-state index in [2.05, 4.69) is 31.2 Å². The molecule has 0 bridgehead atoms. The number of amides is 1. The van der Waals surface area contributed by atoms with Gasteiger partial charge in [0.05, 0.1) is 11.0 Å². The van der Waals surface area contributed by atoms with E-state index in [-0.39, 0.29) is 11.3 Å². The molecule has 3 aromatic rings. The molecule has 4 heteroatoms. The molecule has 0 radical (unpaired) electrons. The van der Waals surface area contributed by atoms with E-state index in [1.54, 1.807) is 11.0 Å². The number of rotatable bonds is 2. The minimum absolute atomic E-state index is 0.0789. The van der Waals surface area contributed by atoms with Gasteiger partial charge in [0, 0.05) is 5.56 Å². The van der Waals surface area contributed by atoms with Crippen LogP contribution in [0.3, 0.4) is 0 Å². The molecule has 0 unspecified atom stereocenters. The number of nitrogens with zero attached hydrogens (tertiary/aromatic N) is 2. The number of nitrogens with one attached hydrogen (secondary N) is 1. The van der Waals surface area contributed by atoms with Crippen LogP contribution in [0.4, 0.5) is 0 Å². The lowest BCUT2D eigenvalue weighted by atomic mass is 9.87. The van der Waals surface area contributed by atoms with Gasteiger partial charge in [0.2, 0.25) is 0 Å². The minimum Gasteiger partial charge on any atom is -0.267 e. The maximum absolute atomic E-state index is 12.4. The maximum atomic E-state index is 12.4. The molecule has 1 aromatic heterocycles. The Hall–Kier alpha value is -2.62. The van der Waals surface area contributed by atoms with Crippen LogP contribution in [0.25, 0.3) is 11.0 Å². The van der Waals surface area contributed by atoms with Gasteiger partial charge in [-0.15, -0.1) is 0 Å². The summed E-state index contributed by atoms with van der Waals surface area (Å²) in [6, 6.07) is 15.4. The normalized spacial score (nSPS) is 11.6. The number of carbonyl (C=O) groups excluding carboxylic acids is 1. The second-order valence-corrected chi connectivity index (χ2v) is 6.37. The molecule has 0 spiro atoms. The molecule has 22 heavy (non-hydrogen) atoms. The minimum atomic E-state index is -0.149. The van der Waals surface area contributed by atoms with E-state index in [4.69, 9.17) is 0 Å². The highest BCUT2D eigenvalue weighted by Crippen LogP contribution is 2.22. The largest absolute Gasteiger partial charge is 0.270 e. The van der Waals surface area contributed by atoms with Gasteiger partial charge >= 0.3 is 0 Å². The van der Waals surface area contributed by atoms with E-state index in [0.29, 0.717) is 5.56 Å². The Morgan fingerprint density at radius 1 is 1.05 bits per heavy atom. The number of imidazole rings is 1. The van der Waals surface area contributed by atoms with Crippen molar-refractivity contribution in [1.29, 1.82) is 0 Å². The number of benzene rings is 2. The predicted octanol–water partition coefficient (Wildman–Crippen LogP) is 3.72. The summed E-state index contributed by atoms with van der Waals surface area (Å²) in [4.78, 5) is 16.6. The molecule has 0 fully saturated rings. The van der Waals surface area contributed by atoms with Crippen molar-refractivity contribution in [1.82, 2.24) is 9.66 Å². The Kier molecular flexibility index (Phi) is 3.45. The van der Waals surface area contributed by atoms with Crippen molar-refractivity contribution < 1.29 is 4.79 Å². The van der Waals surface area contributed by atoms with Gasteiger partial charge in [-0.25, -0.2) is 9.66 Å². The van der Waals surface area contributed by atoms with Crippen molar-refractivity contribution in [2.45, 2.75) is 26.2 Å². The van der Waals surface area contributed by atoms with Crippen molar-refractivity contribution in [3.8, 4) is 0 Å². The average molecular weight is 293 g/mol. The van der Waals surface area contributed by atoms with Crippen molar-refractivity contribution in [3.63, 3.8) is 0 Å². The number of aromatic nitrogens is 2. The van der Waals surface area contributed by atoms with Crippen LogP contribution in [-0.4, -0.2) is 15.6 Å². The molecule has 0 saturated heterocycles. The number of para-hydroxylation sites is 2. The summed E-state index contributed by atoms with van der Waals surface area (Å²) < 4.78 is 1.65. The molecular weight excluding hydrogens is 274 g/mol. The van der Waals surface area contributed by atoms with E-state index >= 15 is 0 Å². The standard InChI is InChI=1S/C18H19N3O/c1-18(2,3)14-10-8-13(9-11-14)17(22)20-21-12-19-15-6-4-5-7-16(15)21/h4-12H,1-3H3,(H,20,22). The third kappa shape index (κ3) is 2.72. The zero-order valence-electron chi connectivity index (χ0n) is 13.0. The zero-order valence-corrected chi connectivity index (χ0v) is 13.0. The highest BCUT2D eigenvalue weighted by molar-refractivity contribution is 6.00. The lowest BCUT2D eigenvalue weighted by Crippen LogP contribution is -2.22. The van der Waals surface area contributed by atoms with Crippen molar-refractivity contribution >= 4 is 16.9 Å². The van der Waals surface area contributed by atoms with Crippen LogP contribution in [0.2, 0.25) is 0 Å². The van der Waals surface area contributed by atoms with E-state index in [0.717, 1.165) is 11.0 Å². The monoisotopic (exact) mass is 293 g/mol. The van der Waals surface area contributed by atoms with Gasteiger partial charge in [-0.05, 0) is 35.2 Å². The molecule has 0 atom stereocenters. The molecule has 0 saturated carbocycles. The van der Waals surface area contributed by atoms with Gasteiger partial charge in [0.25, 0.3) is 5.91 Å². The molecule has 1 N–H and O–H groups in total. The fourth-order valence-electron chi connectivity index (χ4n) is 2.34. The van der Waals surface area contributed by atoms with Crippen molar-refractivity contribution in [2.75, 3.05) is 5.43 Å². The Labute approximate surface area is 129 Å². The Morgan fingerprint density at radius 2 is 1.73 bits per heavy atom. The SMILES string of the molecule is CC(C)(C)c1ccc(C(=O)Nn2cnc3ccccc32)cc1.